The van der Waals surface area contributed by atoms with Crippen molar-refractivity contribution < 1.29 is 19.0 Å². The van der Waals surface area contributed by atoms with E-state index in [-0.39, 0.29) is 16.1 Å². The van der Waals surface area contributed by atoms with Gasteiger partial charge in [-0.3, -0.25) is 0 Å². The van der Waals surface area contributed by atoms with E-state index in [9.17, 15) is 4.79 Å². The van der Waals surface area contributed by atoms with Crippen molar-refractivity contribution in [2.24, 2.45) is 0 Å². The molecule has 2 heterocycles. The maximum absolute atomic E-state index is 11.3. The molecule has 1 aromatic rings. The summed E-state index contributed by atoms with van der Waals surface area (Å²) in [7, 11) is 1.30. The van der Waals surface area contributed by atoms with Crippen LogP contribution in [0.25, 0.3) is 0 Å². The van der Waals surface area contributed by atoms with Crippen LogP contribution in [0.1, 0.15) is 28.9 Å². The molecular formula is C11H14ClNO4S. The van der Waals surface area contributed by atoms with Crippen LogP contribution in [0.4, 0.5) is 0 Å². The molecule has 0 N–H and O–H groups in total. The van der Waals surface area contributed by atoms with Gasteiger partial charge in [0, 0.05) is 6.61 Å². The first-order valence-electron chi connectivity index (χ1n) is 5.69. The number of aromatic nitrogens is 1. The Kier molecular flexibility index (Phi) is 4.79. The maximum atomic E-state index is 11.3. The topological polar surface area (TPSA) is 57.7 Å². The highest BCUT2D eigenvalue weighted by Crippen LogP contribution is 2.29. The fourth-order valence-electron chi connectivity index (χ4n) is 1.67. The van der Waals surface area contributed by atoms with Gasteiger partial charge in [0.05, 0.1) is 13.2 Å². The largest absolute Gasteiger partial charge is 0.467 e. The Bertz CT molecular complexity index is 417. The van der Waals surface area contributed by atoms with Crippen molar-refractivity contribution in [1.29, 1.82) is 0 Å². The number of halogens is 1. The predicted octanol–water partition coefficient (Wildman–Crippen LogP) is 2.53. The van der Waals surface area contributed by atoms with E-state index in [4.69, 9.17) is 21.1 Å². The molecule has 0 aliphatic carbocycles. The molecule has 0 amide bonds. The van der Waals surface area contributed by atoms with Crippen LogP contribution < -0.4 is 4.74 Å². The van der Waals surface area contributed by atoms with Gasteiger partial charge in [-0.1, -0.05) is 22.9 Å². The van der Waals surface area contributed by atoms with E-state index >= 15 is 0 Å². The lowest BCUT2D eigenvalue weighted by atomic mass is 10.1. The monoisotopic (exact) mass is 291 g/mol. The summed E-state index contributed by atoms with van der Waals surface area (Å²) >= 11 is 6.91. The summed E-state index contributed by atoms with van der Waals surface area (Å²) in [5, 5.41) is 0.487. The third kappa shape index (κ3) is 3.34. The first kappa shape index (κ1) is 13.6. The Morgan fingerprint density at radius 3 is 3.11 bits per heavy atom. The van der Waals surface area contributed by atoms with E-state index in [1.807, 2.05) is 0 Å². The van der Waals surface area contributed by atoms with E-state index in [2.05, 4.69) is 9.72 Å². The summed E-state index contributed by atoms with van der Waals surface area (Å²) in [5.41, 5.74) is 0. The molecule has 18 heavy (non-hydrogen) atoms. The average Bonchev–Trinajstić information content (AvgIpc) is 2.78. The minimum atomic E-state index is -0.499. The van der Waals surface area contributed by atoms with Gasteiger partial charge in [-0.2, -0.15) is 4.98 Å². The fourth-order valence-corrected chi connectivity index (χ4v) is 2.72. The first-order valence-corrected chi connectivity index (χ1v) is 6.89. The number of carbonyl (C=O) groups excluding carboxylic acids is 1. The molecule has 0 saturated carbocycles. The lowest BCUT2D eigenvalue weighted by Crippen LogP contribution is -2.25. The summed E-state index contributed by atoms with van der Waals surface area (Å²) in [6.07, 6.45) is 3.35. The van der Waals surface area contributed by atoms with Gasteiger partial charge >= 0.3 is 5.97 Å². The zero-order valence-electron chi connectivity index (χ0n) is 9.98. The third-order valence-electron chi connectivity index (χ3n) is 2.60. The van der Waals surface area contributed by atoms with Gasteiger partial charge in [0.1, 0.15) is 6.61 Å². The SMILES string of the molecule is COC(=O)c1sc(OCC2CCCCO2)nc1Cl. The van der Waals surface area contributed by atoms with E-state index < -0.39 is 5.97 Å². The molecule has 1 fully saturated rings. The molecule has 7 heteroatoms. The number of thiazole rings is 1. The first-order chi connectivity index (χ1) is 8.70. The molecule has 2 rings (SSSR count). The van der Waals surface area contributed by atoms with Gasteiger partial charge in [-0.25, -0.2) is 4.79 Å². The summed E-state index contributed by atoms with van der Waals surface area (Å²) in [6.45, 7) is 1.21. The molecule has 0 bridgehead atoms. The number of carbonyl (C=O) groups is 1. The van der Waals surface area contributed by atoms with Crippen LogP contribution in [-0.4, -0.2) is 37.4 Å². The molecule has 1 aliphatic rings. The van der Waals surface area contributed by atoms with Crippen LogP contribution in [0.5, 0.6) is 5.19 Å². The number of hydrogen-bond donors (Lipinski definition) is 0. The van der Waals surface area contributed by atoms with Crippen LogP contribution in [0.3, 0.4) is 0 Å². The van der Waals surface area contributed by atoms with Gasteiger partial charge in [0.25, 0.3) is 5.19 Å². The molecule has 0 aromatic carbocycles. The Balaban J connectivity index is 1.91. The quantitative estimate of drug-likeness (QED) is 0.798. The normalized spacial score (nSPS) is 19.6. The number of ether oxygens (including phenoxy) is 3. The number of rotatable bonds is 4. The molecule has 0 spiro atoms. The average molecular weight is 292 g/mol. The minimum absolute atomic E-state index is 0.100. The molecule has 1 unspecified atom stereocenters. The van der Waals surface area contributed by atoms with Crippen LogP contribution in [0.2, 0.25) is 5.15 Å². The number of methoxy groups -OCH3 is 1. The van der Waals surface area contributed by atoms with Crippen molar-refractivity contribution in [3.8, 4) is 5.19 Å². The van der Waals surface area contributed by atoms with Crippen molar-refractivity contribution >= 4 is 28.9 Å². The Labute approximate surface area is 114 Å². The van der Waals surface area contributed by atoms with Crippen molar-refractivity contribution in [1.82, 2.24) is 4.98 Å². The maximum Gasteiger partial charge on any atom is 0.351 e. The highest BCUT2D eigenvalue weighted by atomic mass is 35.5. The second kappa shape index (κ2) is 6.36. The smallest absolute Gasteiger partial charge is 0.351 e. The predicted molar refractivity (Wildman–Crippen MR) is 67.5 cm³/mol. The van der Waals surface area contributed by atoms with Crippen LogP contribution in [-0.2, 0) is 9.47 Å². The van der Waals surface area contributed by atoms with E-state index in [0.717, 1.165) is 37.2 Å². The zero-order valence-corrected chi connectivity index (χ0v) is 11.6. The minimum Gasteiger partial charge on any atom is -0.467 e. The molecule has 1 saturated heterocycles. The van der Waals surface area contributed by atoms with Crippen LogP contribution in [0.15, 0.2) is 0 Å². The Morgan fingerprint density at radius 1 is 1.61 bits per heavy atom. The highest BCUT2D eigenvalue weighted by Gasteiger charge is 2.20. The molecule has 5 nitrogen and oxygen atoms in total. The van der Waals surface area contributed by atoms with Crippen molar-refractivity contribution in [2.45, 2.75) is 25.4 Å². The Hall–Kier alpha value is -0.850. The highest BCUT2D eigenvalue weighted by molar-refractivity contribution is 7.15. The van der Waals surface area contributed by atoms with E-state index in [1.165, 1.54) is 7.11 Å². The molecule has 1 aliphatic heterocycles. The lowest BCUT2D eigenvalue weighted by molar-refractivity contribution is -0.0111. The van der Waals surface area contributed by atoms with Gasteiger partial charge in [0.15, 0.2) is 10.0 Å². The third-order valence-corrected chi connectivity index (χ3v) is 3.94. The lowest BCUT2D eigenvalue weighted by Gasteiger charge is -2.21. The number of esters is 1. The Morgan fingerprint density at radius 2 is 2.44 bits per heavy atom. The summed E-state index contributed by atoms with van der Waals surface area (Å²) in [4.78, 5) is 15.6. The second-order valence-corrected chi connectivity index (χ2v) is 5.21. The van der Waals surface area contributed by atoms with Crippen LogP contribution >= 0.6 is 22.9 Å². The standard InChI is InChI=1S/C11H14ClNO4S/c1-15-10(14)8-9(12)13-11(18-8)17-6-7-4-2-3-5-16-7/h7H,2-6H2,1H3. The van der Waals surface area contributed by atoms with Gasteiger partial charge in [-0.15, -0.1) is 0 Å². The molecule has 100 valence electrons. The molecular weight excluding hydrogens is 278 g/mol. The summed E-state index contributed by atoms with van der Waals surface area (Å²) in [6, 6.07) is 0. The fraction of sp³-hybridized carbons (Fsp3) is 0.636. The van der Waals surface area contributed by atoms with Crippen LogP contribution in [0, 0.1) is 0 Å². The molecule has 1 aromatic heterocycles. The second-order valence-electron chi connectivity index (χ2n) is 3.89. The van der Waals surface area contributed by atoms with Gasteiger partial charge in [-0.05, 0) is 19.3 Å². The zero-order chi connectivity index (χ0) is 13.0. The number of hydrogen-bond acceptors (Lipinski definition) is 6. The van der Waals surface area contributed by atoms with Crippen molar-refractivity contribution in [3.63, 3.8) is 0 Å². The summed E-state index contributed by atoms with van der Waals surface area (Å²) in [5.74, 6) is -0.499. The van der Waals surface area contributed by atoms with E-state index in [1.54, 1.807) is 0 Å². The molecule has 0 radical (unpaired) electrons. The van der Waals surface area contributed by atoms with Crippen molar-refractivity contribution in [3.05, 3.63) is 10.0 Å². The van der Waals surface area contributed by atoms with Gasteiger partial charge < -0.3 is 14.2 Å². The van der Waals surface area contributed by atoms with Crippen molar-refractivity contribution in [2.75, 3.05) is 20.3 Å². The van der Waals surface area contributed by atoms with E-state index in [0.29, 0.717) is 11.8 Å². The number of nitrogens with zero attached hydrogens (tertiary/aromatic N) is 1. The summed E-state index contributed by atoms with van der Waals surface area (Å²) < 4.78 is 15.6. The molecule has 1 atom stereocenters. The van der Waals surface area contributed by atoms with Gasteiger partial charge in [0.2, 0.25) is 0 Å².